The lowest BCUT2D eigenvalue weighted by Gasteiger charge is -2.02. The topological polar surface area (TPSA) is 85.6 Å². The van der Waals surface area contributed by atoms with E-state index >= 15 is 0 Å². The van der Waals surface area contributed by atoms with Crippen molar-refractivity contribution in [2.45, 2.75) is 20.3 Å². The lowest BCUT2D eigenvalue weighted by Crippen LogP contribution is -2.12. The number of hydrogen-bond donors (Lipinski definition) is 1. The van der Waals surface area contributed by atoms with Gasteiger partial charge < -0.3 is 0 Å². The van der Waals surface area contributed by atoms with E-state index in [-0.39, 0.29) is 5.91 Å². The number of hydrogen-bond acceptors (Lipinski definition) is 6. The molecule has 3 heterocycles. The number of anilines is 1. The van der Waals surface area contributed by atoms with Crippen molar-refractivity contribution < 1.29 is 4.79 Å². The van der Waals surface area contributed by atoms with Crippen LogP contribution in [0.4, 0.5) is 5.13 Å². The number of aromatic nitrogens is 5. The Morgan fingerprint density at radius 1 is 1.14 bits per heavy atom. The first kappa shape index (κ1) is 18.9. The van der Waals surface area contributed by atoms with Gasteiger partial charge in [0.05, 0.1) is 11.3 Å². The molecule has 1 N–H and O–H groups in total. The standard InChI is InChI=1S/C21H20N6OS/c1-14(2)11-18-24-25-21(29-18)23-20(28)17-13-27(16-8-4-3-5-9-16)26-19(17)15-7-6-10-22-12-15/h3-10,12-14H,11H2,1-2H3,(H,23,25,28). The van der Waals surface area contributed by atoms with Crippen LogP contribution in [0.3, 0.4) is 0 Å². The van der Waals surface area contributed by atoms with Crippen LogP contribution in [0.5, 0.6) is 0 Å². The van der Waals surface area contributed by atoms with E-state index in [1.807, 2.05) is 42.5 Å². The molecule has 4 aromatic rings. The van der Waals surface area contributed by atoms with E-state index in [4.69, 9.17) is 0 Å². The van der Waals surface area contributed by atoms with Crippen molar-refractivity contribution in [1.29, 1.82) is 0 Å². The van der Waals surface area contributed by atoms with Crippen LogP contribution in [0.2, 0.25) is 0 Å². The molecule has 0 saturated carbocycles. The molecule has 0 atom stereocenters. The number of rotatable bonds is 6. The summed E-state index contributed by atoms with van der Waals surface area (Å²) in [6, 6.07) is 13.4. The second-order valence-electron chi connectivity index (χ2n) is 6.97. The van der Waals surface area contributed by atoms with Crippen molar-refractivity contribution >= 4 is 22.4 Å². The predicted octanol–water partition coefficient (Wildman–Crippen LogP) is 4.24. The second-order valence-corrected chi connectivity index (χ2v) is 8.03. The molecule has 0 radical (unpaired) electrons. The molecule has 0 aliphatic carbocycles. The molecule has 0 bridgehead atoms. The Balaban J connectivity index is 1.67. The zero-order valence-electron chi connectivity index (χ0n) is 16.1. The van der Waals surface area contributed by atoms with E-state index in [1.54, 1.807) is 23.3 Å². The van der Waals surface area contributed by atoms with Gasteiger partial charge in [0.1, 0.15) is 10.7 Å². The van der Waals surface area contributed by atoms with Gasteiger partial charge in [0.2, 0.25) is 5.13 Å². The van der Waals surface area contributed by atoms with Gasteiger partial charge in [-0.1, -0.05) is 43.4 Å². The monoisotopic (exact) mass is 404 g/mol. The summed E-state index contributed by atoms with van der Waals surface area (Å²) in [4.78, 5) is 17.2. The molecule has 0 aliphatic rings. The van der Waals surface area contributed by atoms with Crippen LogP contribution in [0.1, 0.15) is 29.2 Å². The molecular weight excluding hydrogens is 384 g/mol. The average Bonchev–Trinajstić information content (AvgIpc) is 3.36. The molecule has 8 heteroatoms. The molecular formula is C21H20N6OS. The van der Waals surface area contributed by atoms with E-state index in [2.05, 4.69) is 39.4 Å². The van der Waals surface area contributed by atoms with E-state index in [0.29, 0.717) is 22.3 Å². The van der Waals surface area contributed by atoms with Crippen LogP contribution >= 0.6 is 11.3 Å². The minimum Gasteiger partial charge on any atom is -0.296 e. The zero-order valence-corrected chi connectivity index (χ0v) is 16.9. The fourth-order valence-electron chi connectivity index (χ4n) is 2.87. The number of amides is 1. The number of carbonyl (C=O) groups excluding carboxylic acids is 1. The van der Waals surface area contributed by atoms with Crippen LogP contribution in [0.15, 0.2) is 61.1 Å². The van der Waals surface area contributed by atoms with Crippen LogP contribution in [0.25, 0.3) is 16.9 Å². The Kier molecular flexibility index (Phi) is 5.44. The third-order valence-corrected chi connectivity index (χ3v) is 5.05. The summed E-state index contributed by atoms with van der Waals surface area (Å²) in [5.74, 6) is 0.200. The molecule has 3 aromatic heterocycles. The quantitative estimate of drug-likeness (QED) is 0.520. The minimum absolute atomic E-state index is 0.279. The summed E-state index contributed by atoms with van der Waals surface area (Å²) < 4.78 is 1.70. The third-order valence-electron chi connectivity index (χ3n) is 4.18. The zero-order chi connectivity index (χ0) is 20.2. The van der Waals surface area contributed by atoms with E-state index in [1.165, 1.54) is 11.3 Å². The summed E-state index contributed by atoms with van der Waals surface area (Å²) in [5, 5.41) is 17.1. The molecule has 0 aliphatic heterocycles. The smallest absolute Gasteiger partial charge is 0.261 e. The van der Waals surface area contributed by atoms with Gasteiger partial charge >= 0.3 is 0 Å². The highest BCUT2D eigenvalue weighted by molar-refractivity contribution is 7.15. The minimum atomic E-state index is -0.279. The van der Waals surface area contributed by atoms with Crippen molar-refractivity contribution in [2.75, 3.05) is 5.32 Å². The number of para-hydroxylation sites is 1. The Labute approximate surface area is 172 Å². The first-order valence-corrected chi connectivity index (χ1v) is 10.1. The molecule has 0 unspecified atom stereocenters. The lowest BCUT2D eigenvalue weighted by molar-refractivity contribution is 0.102. The lowest BCUT2D eigenvalue weighted by atomic mass is 10.1. The molecule has 1 amide bonds. The van der Waals surface area contributed by atoms with Gasteiger partial charge in [0.25, 0.3) is 5.91 Å². The highest BCUT2D eigenvalue weighted by Crippen LogP contribution is 2.25. The number of pyridine rings is 1. The van der Waals surface area contributed by atoms with Crippen molar-refractivity contribution in [2.24, 2.45) is 5.92 Å². The molecule has 0 saturated heterocycles. The van der Waals surface area contributed by atoms with E-state index < -0.39 is 0 Å². The Bertz CT molecular complexity index is 1100. The summed E-state index contributed by atoms with van der Waals surface area (Å²) in [7, 11) is 0. The molecule has 1 aromatic carbocycles. The fourth-order valence-corrected chi connectivity index (χ4v) is 3.82. The highest BCUT2D eigenvalue weighted by atomic mass is 32.1. The van der Waals surface area contributed by atoms with Crippen molar-refractivity contribution in [3.05, 3.63) is 71.6 Å². The van der Waals surface area contributed by atoms with Gasteiger partial charge in [-0.15, -0.1) is 10.2 Å². The number of carbonyl (C=O) groups is 1. The van der Waals surface area contributed by atoms with Crippen molar-refractivity contribution in [3.63, 3.8) is 0 Å². The van der Waals surface area contributed by atoms with Crippen LogP contribution in [0, 0.1) is 5.92 Å². The number of nitrogens with one attached hydrogen (secondary N) is 1. The second kappa shape index (κ2) is 8.32. The first-order chi connectivity index (χ1) is 14.1. The number of nitrogens with zero attached hydrogens (tertiary/aromatic N) is 5. The predicted molar refractivity (Wildman–Crippen MR) is 113 cm³/mol. The average molecular weight is 404 g/mol. The van der Waals surface area contributed by atoms with Crippen molar-refractivity contribution in [3.8, 4) is 16.9 Å². The van der Waals surface area contributed by atoms with Gasteiger partial charge in [0, 0.05) is 30.6 Å². The summed E-state index contributed by atoms with van der Waals surface area (Å²) in [5.41, 5.74) is 2.64. The molecule has 29 heavy (non-hydrogen) atoms. The maximum absolute atomic E-state index is 13.0. The van der Waals surface area contributed by atoms with Crippen LogP contribution in [-0.4, -0.2) is 30.9 Å². The summed E-state index contributed by atoms with van der Waals surface area (Å²) in [6.07, 6.45) is 5.94. The van der Waals surface area contributed by atoms with Crippen molar-refractivity contribution in [1.82, 2.24) is 25.0 Å². The summed E-state index contributed by atoms with van der Waals surface area (Å²) in [6.45, 7) is 4.25. The van der Waals surface area contributed by atoms with Gasteiger partial charge in [-0.3, -0.25) is 15.1 Å². The van der Waals surface area contributed by atoms with E-state index in [0.717, 1.165) is 22.7 Å². The highest BCUT2D eigenvalue weighted by Gasteiger charge is 2.20. The molecule has 7 nitrogen and oxygen atoms in total. The Morgan fingerprint density at radius 2 is 1.97 bits per heavy atom. The molecule has 0 spiro atoms. The normalized spacial score (nSPS) is 11.0. The third kappa shape index (κ3) is 4.38. The SMILES string of the molecule is CC(C)Cc1nnc(NC(=O)c2cn(-c3ccccc3)nc2-c2cccnc2)s1. The summed E-state index contributed by atoms with van der Waals surface area (Å²) >= 11 is 1.40. The van der Waals surface area contributed by atoms with Crippen LogP contribution < -0.4 is 5.32 Å². The fraction of sp³-hybridized carbons (Fsp3) is 0.190. The van der Waals surface area contributed by atoms with Gasteiger partial charge in [0.15, 0.2) is 0 Å². The Morgan fingerprint density at radius 3 is 2.69 bits per heavy atom. The molecule has 146 valence electrons. The van der Waals surface area contributed by atoms with Gasteiger partial charge in [-0.25, -0.2) is 4.68 Å². The number of benzene rings is 1. The largest absolute Gasteiger partial charge is 0.296 e. The maximum atomic E-state index is 13.0. The van der Waals surface area contributed by atoms with Gasteiger partial charge in [-0.2, -0.15) is 5.10 Å². The maximum Gasteiger partial charge on any atom is 0.261 e. The van der Waals surface area contributed by atoms with Crippen LogP contribution in [-0.2, 0) is 6.42 Å². The van der Waals surface area contributed by atoms with Gasteiger partial charge in [-0.05, 0) is 30.2 Å². The molecule has 4 rings (SSSR count). The Hall–Kier alpha value is -3.39. The van der Waals surface area contributed by atoms with E-state index in [9.17, 15) is 4.79 Å². The molecule has 0 fully saturated rings. The first-order valence-electron chi connectivity index (χ1n) is 9.29.